The summed E-state index contributed by atoms with van der Waals surface area (Å²) in [6, 6.07) is 11.3. The Bertz CT molecular complexity index is 551. The van der Waals surface area contributed by atoms with Crippen LogP contribution in [-0.2, 0) is 0 Å². The van der Waals surface area contributed by atoms with Crippen LogP contribution in [0.25, 0.3) is 0 Å². The highest BCUT2D eigenvalue weighted by Crippen LogP contribution is 2.23. The predicted octanol–water partition coefficient (Wildman–Crippen LogP) is 2.83. The lowest BCUT2D eigenvalue weighted by molar-refractivity contribution is 0.104. The summed E-state index contributed by atoms with van der Waals surface area (Å²) in [6.45, 7) is 2.67. The second-order valence-corrected chi connectivity index (χ2v) is 5.21. The van der Waals surface area contributed by atoms with E-state index in [1.165, 1.54) is 0 Å². The molecular weight excluding hydrogens is 288 g/mol. The van der Waals surface area contributed by atoms with Crippen molar-refractivity contribution in [3.05, 3.63) is 59.4 Å². The number of pyridine rings is 1. The molecule has 0 radical (unpaired) electrons. The van der Waals surface area contributed by atoms with Crippen molar-refractivity contribution in [2.24, 2.45) is 0 Å². The molecule has 0 spiro atoms. The fraction of sp³-hybridized carbons (Fsp3) is 0.312. The molecule has 112 valence electrons. The normalized spacial score (nSPS) is 13.7. The molecule has 2 rings (SSSR count). The Labute approximate surface area is 129 Å². The fourth-order valence-electron chi connectivity index (χ4n) is 1.89. The third-order valence-corrected chi connectivity index (χ3v) is 3.45. The van der Waals surface area contributed by atoms with Crippen molar-refractivity contribution in [1.29, 1.82) is 0 Å². The van der Waals surface area contributed by atoms with E-state index in [4.69, 9.17) is 16.3 Å². The lowest BCUT2D eigenvalue weighted by atomic mass is 10.1. The maximum atomic E-state index is 9.95. The van der Waals surface area contributed by atoms with Gasteiger partial charge >= 0.3 is 0 Å². The Morgan fingerprint density at radius 1 is 1.24 bits per heavy atom. The molecule has 0 saturated carbocycles. The summed E-state index contributed by atoms with van der Waals surface area (Å²) < 4.78 is 5.50. The number of aromatic nitrogens is 1. The number of nitrogens with zero attached hydrogens (tertiary/aromatic N) is 1. The Hall–Kier alpha value is -1.62. The second kappa shape index (κ2) is 7.98. The van der Waals surface area contributed by atoms with Crippen molar-refractivity contribution < 1.29 is 9.84 Å². The van der Waals surface area contributed by atoms with Gasteiger partial charge < -0.3 is 15.2 Å². The zero-order valence-electron chi connectivity index (χ0n) is 11.9. The van der Waals surface area contributed by atoms with Crippen molar-refractivity contribution in [2.75, 3.05) is 13.2 Å². The van der Waals surface area contributed by atoms with Gasteiger partial charge in [-0.2, -0.15) is 0 Å². The highest BCUT2D eigenvalue weighted by molar-refractivity contribution is 6.32. The first-order chi connectivity index (χ1) is 10.2. The van der Waals surface area contributed by atoms with E-state index in [1.54, 1.807) is 24.5 Å². The van der Waals surface area contributed by atoms with Crippen LogP contribution in [0.4, 0.5) is 0 Å². The largest absolute Gasteiger partial charge is 0.489 e. The van der Waals surface area contributed by atoms with Crippen molar-refractivity contribution in [3.63, 3.8) is 0 Å². The van der Waals surface area contributed by atoms with Gasteiger partial charge in [0.25, 0.3) is 0 Å². The smallest absolute Gasteiger partial charge is 0.138 e. The minimum Gasteiger partial charge on any atom is -0.489 e. The summed E-state index contributed by atoms with van der Waals surface area (Å²) in [6.07, 6.45) is 2.90. The zero-order valence-corrected chi connectivity index (χ0v) is 12.6. The summed E-state index contributed by atoms with van der Waals surface area (Å²) in [5.41, 5.74) is 1.13. The molecule has 2 aromatic rings. The van der Waals surface area contributed by atoms with Crippen molar-refractivity contribution in [2.45, 2.75) is 19.1 Å². The SMILES string of the molecule is C[C@@H](NCC(O)COc1ccccc1Cl)c1ccncc1. The van der Waals surface area contributed by atoms with E-state index in [2.05, 4.69) is 10.3 Å². The van der Waals surface area contributed by atoms with Crippen molar-refractivity contribution >= 4 is 11.6 Å². The minimum absolute atomic E-state index is 0.142. The Balaban J connectivity index is 1.75. The molecule has 0 amide bonds. The average Bonchev–Trinajstić information content (AvgIpc) is 2.52. The Morgan fingerprint density at radius 3 is 2.67 bits per heavy atom. The minimum atomic E-state index is -0.606. The molecule has 2 N–H and O–H groups in total. The Kier molecular flexibility index (Phi) is 5.99. The first-order valence-corrected chi connectivity index (χ1v) is 7.23. The lowest BCUT2D eigenvalue weighted by Crippen LogP contribution is -2.33. The van der Waals surface area contributed by atoms with E-state index >= 15 is 0 Å². The third-order valence-electron chi connectivity index (χ3n) is 3.13. The summed E-state index contributed by atoms with van der Waals surface area (Å²) >= 11 is 5.99. The summed E-state index contributed by atoms with van der Waals surface area (Å²) in [7, 11) is 0. The molecule has 1 aromatic heterocycles. The fourth-order valence-corrected chi connectivity index (χ4v) is 2.08. The van der Waals surface area contributed by atoms with E-state index in [-0.39, 0.29) is 12.6 Å². The molecule has 4 nitrogen and oxygen atoms in total. The molecule has 5 heteroatoms. The van der Waals surface area contributed by atoms with Crippen LogP contribution in [0.1, 0.15) is 18.5 Å². The number of para-hydroxylation sites is 1. The zero-order chi connectivity index (χ0) is 15.1. The van der Waals surface area contributed by atoms with Gasteiger partial charge in [0.1, 0.15) is 18.5 Å². The van der Waals surface area contributed by atoms with Crippen LogP contribution in [0.2, 0.25) is 5.02 Å². The molecule has 1 unspecified atom stereocenters. The van der Waals surface area contributed by atoms with Gasteiger partial charge in [-0.3, -0.25) is 4.98 Å². The molecule has 0 bridgehead atoms. The van der Waals surface area contributed by atoms with Gasteiger partial charge in [0.15, 0.2) is 0 Å². The van der Waals surface area contributed by atoms with E-state index in [1.807, 2.05) is 31.2 Å². The number of ether oxygens (including phenoxy) is 1. The van der Waals surface area contributed by atoms with Crippen LogP contribution in [0.5, 0.6) is 5.75 Å². The molecular formula is C16H19ClN2O2. The first kappa shape index (κ1) is 15.8. The average molecular weight is 307 g/mol. The molecule has 0 saturated heterocycles. The van der Waals surface area contributed by atoms with Gasteiger partial charge in [-0.1, -0.05) is 23.7 Å². The third kappa shape index (κ3) is 5.01. The van der Waals surface area contributed by atoms with E-state index < -0.39 is 6.10 Å². The van der Waals surface area contributed by atoms with Crippen LogP contribution in [-0.4, -0.2) is 29.3 Å². The number of aliphatic hydroxyl groups excluding tert-OH is 1. The van der Waals surface area contributed by atoms with Crippen LogP contribution < -0.4 is 10.1 Å². The molecule has 21 heavy (non-hydrogen) atoms. The lowest BCUT2D eigenvalue weighted by Gasteiger charge is -2.18. The molecule has 1 heterocycles. The molecule has 0 fully saturated rings. The standard InChI is InChI=1S/C16H19ClN2O2/c1-12(13-6-8-18-9-7-13)19-10-14(20)11-21-16-5-3-2-4-15(16)17/h2-9,12,14,19-20H,10-11H2,1H3/t12-,14?/m1/s1. The number of halogens is 1. The quantitative estimate of drug-likeness (QED) is 0.826. The number of hydrogen-bond acceptors (Lipinski definition) is 4. The maximum absolute atomic E-state index is 9.95. The van der Waals surface area contributed by atoms with Gasteiger partial charge in [-0.05, 0) is 36.8 Å². The van der Waals surface area contributed by atoms with Crippen LogP contribution in [0, 0.1) is 0 Å². The first-order valence-electron chi connectivity index (χ1n) is 6.85. The summed E-state index contributed by atoms with van der Waals surface area (Å²) in [5.74, 6) is 0.584. The molecule has 1 aromatic carbocycles. The monoisotopic (exact) mass is 306 g/mol. The molecule has 0 aliphatic rings. The van der Waals surface area contributed by atoms with Crippen LogP contribution in [0.15, 0.2) is 48.8 Å². The van der Waals surface area contributed by atoms with E-state index in [0.29, 0.717) is 17.3 Å². The highest BCUT2D eigenvalue weighted by Gasteiger charge is 2.10. The second-order valence-electron chi connectivity index (χ2n) is 4.81. The number of aliphatic hydroxyl groups is 1. The van der Waals surface area contributed by atoms with Gasteiger partial charge in [0.05, 0.1) is 5.02 Å². The van der Waals surface area contributed by atoms with E-state index in [9.17, 15) is 5.11 Å². The Morgan fingerprint density at radius 2 is 1.95 bits per heavy atom. The topological polar surface area (TPSA) is 54.4 Å². The van der Waals surface area contributed by atoms with Crippen molar-refractivity contribution in [3.8, 4) is 5.75 Å². The van der Waals surface area contributed by atoms with Crippen molar-refractivity contribution in [1.82, 2.24) is 10.3 Å². The molecule has 0 aliphatic carbocycles. The van der Waals surface area contributed by atoms with Gasteiger partial charge in [0, 0.05) is 25.0 Å². The van der Waals surface area contributed by atoms with Gasteiger partial charge in [0.2, 0.25) is 0 Å². The number of hydrogen-bond donors (Lipinski definition) is 2. The number of benzene rings is 1. The van der Waals surface area contributed by atoms with Crippen LogP contribution >= 0.6 is 11.6 Å². The van der Waals surface area contributed by atoms with E-state index in [0.717, 1.165) is 5.56 Å². The molecule has 2 atom stereocenters. The summed E-state index contributed by atoms with van der Waals surface area (Å²) in [5, 5.41) is 13.8. The molecule has 0 aliphatic heterocycles. The van der Waals surface area contributed by atoms with Crippen LogP contribution in [0.3, 0.4) is 0 Å². The number of rotatable bonds is 7. The predicted molar refractivity (Wildman–Crippen MR) is 83.6 cm³/mol. The highest BCUT2D eigenvalue weighted by atomic mass is 35.5. The van der Waals surface area contributed by atoms with Gasteiger partial charge in [-0.15, -0.1) is 0 Å². The maximum Gasteiger partial charge on any atom is 0.138 e. The van der Waals surface area contributed by atoms with Gasteiger partial charge in [-0.25, -0.2) is 0 Å². The number of nitrogens with one attached hydrogen (secondary N) is 1. The summed E-state index contributed by atoms with van der Waals surface area (Å²) in [4.78, 5) is 3.98.